The molecule has 2 saturated heterocycles. The fourth-order valence-corrected chi connectivity index (χ4v) is 3.48. The first-order chi connectivity index (χ1) is 9.42. The van der Waals surface area contributed by atoms with Gasteiger partial charge in [0, 0.05) is 31.5 Å². The van der Waals surface area contributed by atoms with Crippen molar-refractivity contribution in [1.29, 1.82) is 0 Å². The number of piperidine rings is 1. The molecule has 1 atom stereocenters. The summed E-state index contributed by atoms with van der Waals surface area (Å²) in [7, 11) is 0. The van der Waals surface area contributed by atoms with Crippen LogP contribution in [0.4, 0.5) is 0 Å². The van der Waals surface area contributed by atoms with Crippen LogP contribution in [0, 0.1) is 0 Å². The van der Waals surface area contributed by atoms with Gasteiger partial charge in [-0.1, -0.05) is 0 Å². The van der Waals surface area contributed by atoms with Crippen molar-refractivity contribution < 1.29 is 0 Å². The van der Waals surface area contributed by atoms with Crippen LogP contribution < -0.4 is 0 Å². The van der Waals surface area contributed by atoms with Crippen molar-refractivity contribution in [3.63, 3.8) is 0 Å². The van der Waals surface area contributed by atoms with E-state index in [-0.39, 0.29) is 0 Å². The maximum atomic E-state index is 4.08. The van der Waals surface area contributed by atoms with E-state index in [1.165, 1.54) is 64.0 Å². The van der Waals surface area contributed by atoms with Crippen molar-refractivity contribution in [2.75, 3.05) is 32.7 Å². The minimum Gasteiger partial charge on any atom is -0.301 e. The standard InChI is InChI=1S/C16H25N3/c1-2-12-19(11-1)16-4-3-10-18(14-16)13-7-15-5-8-17-9-6-15/h5-6,8-9,16H,1-4,7,10-14H2. The van der Waals surface area contributed by atoms with Crippen LogP contribution >= 0.6 is 0 Å². The Bertz CT molecular complexity index is 373. The second-order valence-corrected chi connectivity index (χ2v) is 5.95. The van der Waals surface area contributed by atoms with Crippen LogP contribution in [0.15, 0.2) is 24.5 Å². The number of rotatable bonds is 4. The Hall–Kier alpha value is -0.930. The highest BCUT2D eigenvalue weighted by Crippen LogP contribution is 2.20. The average molecular weight is 259 g/mol. The zero-order chi connectivity index (χ0) is 12.9. The number of likely N-dealkylation sites (tertiary alicyclic amines) is 2. The molecule has 2 aliphatic rings. The number of hydrogen-bond donors (Lipinski definition) is 0. The molecule has 0 aromatic carbocycles. The molecule has 0 aliphatic carbocycles. The first-order valence-electron chi connectivity index (χ1n) is 7.77. The highest BCUT2D eigenvalue weighted by atomic mass is 15.2. The van der Waals surface area contributed by atoms with Gasteiger partial charge >= 0.3 is 0 Å². The fourth-order valence-electron chi connectivity index (χ4n) is 3.48. The van der Waals surface area contributed by atoms with Crippen LogP contribution in [-0.4, -0.2) is 53.5 Å². The van der Waals surface area contributed by atoms with E-state index < -0.39 is 0 Å². The number of nitrogens with zero attached hydrogens (tertiary/aromatic N) is 3. The summed E-state index contributed by atoms with van der Waals surface area (Å²) in [4.78, 5) is 9.46. The predicted molar refractivity (Wildman–Crippen MR) is 78.2 cm³/mol. The molecular weight excluding hydrogens is 234 g/mol. The molecule has 3 rings (SSSR count). The van der Waals surface area contributed by atoms with Crippen LogP contribution in [0.1, 0.15) is 31.2 Å². The lowest BCUT2D eigenvalue weighted by Crippen LogP contribution is -2.47. The highest BCUT2D eigenvalue weighted by molar-refractivity contribution is 5.10. The van der Waals surface area contributed by atoms with E-state index in [1.807, 2.05) is 12.4 Å². The van der Waals surface area contributed by atoms with Gasteiger partial charge in [-0.25, -0.2) is 0 Å². The Labute approximate surface area is 116 Å². The molecule has 19 heavy (non-hydrogen) atoms. The summed E-state index contributed by atoms with van der Waals surface area (Å²) in [6.45, 7) is 6.45. The third-order valence-corrected chi connectivity index (χ3v) is 4.60. The van der Waals surface area contributed by atoms with Crippen molar-refractivity contribution in [2.24, 2.45) is 0 Å². The maximum Gasteiger partial charge on any atom is 0.0270 e. The lowest BCUT2D eigenvalue weighted by atomic mass is 10.0. The third-order valence-electron chi connectivity index (χ3n) is 4.60. The van der Waals surface area contributed by atoms with E-state index in [2.05, 4.69) is 26.9 Å². The lowest BCUT2D eigenvalue weighted by Gasteiger charge is -2.37. The SMILES string of the molecule is c1cc(CCN2CCCC(N3CCCC3)C2)ccn1. The summed E-state index contributed by atoms with van der Waals surface area (Å²) < 4.78 is 0. The van der Waals surface area contributed by atoms with Gasteiger partial charge in [0.1, 0.15) is 0 Å². The Morgan fingerprint density at radius 3 is 2.63 bits per heavy atom. The number of pyridine rings is 1. The Morgan fingerprint density at radius 1 is 1.05 bits per heavy atom. The molecular formula is C16H25N3. The molecule has 3 heterocycles. The smallest absolute Gasteiger partial charge is 0.0270 e. The first kappa shape index (κ1) is 13.1. The average Bonchev–Trinajstić information content (AvgIpc) is 3.01. The topological polar surface area (TPSA) is 19.4 Å². The van der Waals surface area contributed by atoms with Crippen molar-refractivity contribution in [2.45, 2.75) is 38.1 Å². The van der Waals surface area contributed by atoms with Gasteiger partial charge in [-0.2, -0.15) is 0 Å². The minimum absolute atomic E-state index is 0.827. The molecule has 0 amide bonds. The number of hydrogen-bond acceptors (Lipinski definition) is 3. The summed E-state index contributed by atoms with van der Waals surface area (Å²) in [5.74, 6) is 0. The second kappa shape index (κ2) is 6.49. The molecule has 0 spiro atoms. The highest BCUT2D eigenvalue weighted by Gasteiger charge is 2.26. The van der Waals surface area contributed by atoms with Crippen molar-refractivity contribution >= 4 is 0 Å². The zero-order valence-corrected chi connectivity index (χ0v) is 11.8. The first-order valence-corrected chi connectivity index (χ1v) is 7.77. The Balaban J connectivity index is 1.48. The van der Waals surface area contributed by atoms with E-state index in [0.29, 0.717) is 0 Å². The van der Waals surface area contributed by atoms with E-state index in [0.717, 1.165) is 12.5 Å². The monoisotopic (exact) mass is 259 g/mol. The van der Waals surface area contributed by atoms with E-state index in [1.54, 1.807) is 0 Å². The molecule has 0 bridgehead atoms. The van der Waals surface area contributed by atoms with Gasteiger partial charge in [0.15, 0.2) is 0 Å². The molecule has 2 aliphatic heterocycles. The third kappa shape index (κ3) is 3.54. The molecule has 3 nitrogen and oxygen atoms in total. The van der Waals surface area contributed by atoms with Crippen LogP contribution in [0.25, 0.3) is 0 Å². The molecule has 1 unspecified atom stereocenters. The largest absolute Gasteiger partial charge is 0.301 e. The molecule has 0 saturated carbocycles. The Morgan fingerprint density at radius 2 is 1.84 bits per heavy atom. The second-order valence-electron chi connectivity index (χ2n) is 5.95. The summed E-state index contributed by atoms with van der Waals surface area (Å²) >= 11 is 0. The normalized spacial score (nSPS) is 25.8. The summed E-state index contributed by atoms with van der Waals surface area (Å²) in [5.41, 5.74) is 1.42. The maximum absolute atomic E-state index is 4.08. The quantitative estimate of drug-likeness (QED) is 0.826. The zero-order valence-electron chi connectivity index (χ0n) is 11.8. The molecule has 0 N–H and O–H groups in total. The van der Waals surface area contributed by atoms with Gasteiger partial charge in [-0.3, -0.25) is 9.88 Å². The van der Waals surface area contributed by atoms with Gasteiger partial charge in [-0.15, -0.1) is 0 Å². The van der Waals surface area contributed by atoms with Crippen LogP contribution in [0.5, 0.6) is 0 Å². The van der Waals surface area contributed by atoms with Gasteiger partial charge < -0.3 is 4.90 Å². The predicted octanol–water partition coefficient (Wildman–Crippen LogP) is 2.18. The summed E-state index contributed by atoms with van der Waals surface area (Å²) in [6, 6.07) is 5.11. The molecule has 1 aromatic heterocycles. The number of aromatic nitrogens is 1. The summed E-state index contributed by atoms with van der Waals surface area (Å²) in [5, 5.41) is 0. The van der Waals surface area contributed by atoms with Gasteiger partial charge in [0.25, 0.3) is 0 Å². The van der Waals surface area contributed by atoms with Crippen molar-refractivity contribution in [3.8, 4) is 0 Å². The van der Waals surface area contributed by atoms with Crippen LogP contribution in [-0.2, 0) is 6.42 Å². The summed E-state index contributed by atoms with van der Waals surface area (Å²) in [6.07, 6.45) is 10.6. The molecule has 1 aromatic rings. The van der Waals surface area contributed by atoms with Crippen LogP contribution in [0.2, 0.25) is 0 Å². The molecule has 3 heteroatoms. The molecule has 104 valence electrons. The van der Waals surface area contributed by atoms with Crippen molar-refractivity contribution in [1.82, 2.24) is 14.8 Å². The van der Waals surface area contributed by atoms with Gasteiger partial charge in [0.05, 0.1) is 0 Å². The van der Waals surface area contributed by atoms with Gasteiger partial charge in [0.2, 0.25) is 0 Å². The van der Waals surface area contributed by atoms with E-state index >= 15 is 0 Å². The Kier molecular flexibility index (Phi) is 4.46. The molecule has 0 radical (unpaired) electrons. The minimum atomic E-state index is 0.827. The van der Waals surface area contributed by atoms with E-state index in [4.69, 9.17) is 0 Å². The van der Waals surface area contributed by atoms with E-state index in [9.17, 15) is 0 Å². The lowest BCUT2D eigenvalue weighted by molar-refractivity contribution is 0.116. The van der Waals surface area contributed by atoms with Gasteiger partial charge in [-0.05, 0) is 69.4 Å². The van der Waals surface area contributed by atoms with Crippen LogP contribution in [0.3, 0.4) is 0 Å². The van der Waals surface area contributed by atoms with Crippen molar-refractivity contribution in [3.05, 3.63) is 30.1 Å². The fraction of sp³-hybridized carbons (Fsp3) is 0.688. The molecule has 2 fully saturated rings.